The predicted molar refractivity (Wildman–Crippen MR) is 104 cm³/mol. The Morgan fingerprint density at radius 3 is 2.10 bits per heavy atom. The topological polar surface area (TPSA) is 75.6 Å². The summed E-state index contributed by atoms with van der Waals surface area (Å²) >= 11 is 0. The molecule has 8 heteroatoms. The van der Waals surface area contributed by atoms with Crippen LogP contribution >= 0.6 is 0 Å². The maximum absolute atomic E-state index is 12.2. The highest BCUT2D eigenvalue weighted by atomic mass is 19.4. The molecule has 0 aromatic heterocycles. The van der Waals surface area contributed by atoms with Crippen molar-refractivity contribution in [2.24, 2.45) is 0 Å². The number of unbranched alkanes of at least 4 members (excludes halogenated alkanes) is 1. The first-order valence-electron chi connectivity index (χ1n) is 9.67. The molecule has 3 rings (SSSR count). The summed E-state index contributed by atoms with van der Waals surface area (Å²) in [6, 6.07) is 14.3. The van der Waals surface area contributed by atoms with Crippen LogP contribution in [-0.2, 0) is 9.53 Å². The molecular formula is C22H22F3NO4. The van der Waals surface area contributed by atoms with Gasteiger partial charge in [0.05, 0.1) is 0 Å². The lowest BCUT2D eigenvalue weighted by atomic mass is 9.98. The quantitative estimate of drug-likeness (QED) is 0.582. The van der Waals surface area contributed by atoms with Gasteiger partial charge in [0.1, 0.15) is 12.6 Å². The van der Waals surface area contributed by atoms with Crippen molar-refractivity contribution in [3.8, 4) is 11.1 Å². The maximum Gasteiger partial charge on any atom is 0.407 e. The van der Waals surface area contributed by atoms with E-state index >= 15 is 0 Å². The SMILES string of the molecule is O=C(NC(CCCCC(F)(F)F)C(=O)O)OCC1c2ccccc2-c2ccccc21. The van der Waals surface area contributed by atoms with Crippen molar-refractivity contribution < 1.29 is 32.6 Å². The molecule has 5 nitrogen and oxygen atoms in total. The van der Waals surface area contributed by atoms with Crippen LogP contribution in [0, 0.1) is 0 Å². The van der Waals surface area contributed by atoms with Crippen molar-refractivity contribution in [1.29, 1.82) is 0 Å². The lowest BCUT2D eigenvalue weighted by Gasteiger charge is -2.17. The number of rotatable bonds is 8. The van der Waals surface area contributed by atoms with Gasteiger partial charge in [0, 0.05) is 12.3 Å². The molecule has 1 aliphatic rings. The van der Waals surface area contributed by atoms with Crippen LogP contribution in [0.1, 0.15) is 42.7 Å². The third kappa shape index (κ3) is 5.31. The van der Waals surface area contributed by atoms with Gasteiger partial charge < -0.3 is 15.2 Å². The summed E-state index contributed by atoms with van der Waals surface area (Å²) in [7, 11) is 0. The number of fused-ring (bicyclic) bond motifs is 3. The van der Waals surface area contributed by atoms with E-state index in [1.807, 2.05) is 48.5 Å². The average molecular weight is 421 g/mol. The summed E-state index contributed by atoms with van der Waals surface area (Å²) in [4.78, 5) is 23.5. The van der Waals surface area contributed by atoms with Gasteiger partial charge in [-0.1, -0.05) is 55.0 Å². The first-order valence-corrected chi connectivity index (χ1v) is 9.67. The number of halogens is 3. The Balaban J connectivity index is 1.56. The summed E-state index contributed by atoms with van der Waals surface area (Å²) in [5.74, 6) is -1.48. The van der Waals surface area contributed by atoms with Gasteiger partial charge in [-0.2, -0.15) is 13.2 Å². The molecular weight excluding hydrogens is 399 g/mol. The molecule has 2 aromatic carbocycles. The number of carbonyl (C=O) groups excluding carboxylic acids is 1. The van der Waals surface area contributed by atoms with E-state index in [-0.39, 0.29) is 31.8 Å². The van der Waals surface area contributed by atoms with E-state index in [1.165, 1.54) is 0 Å². The Labute approximate surface area is 171 Å². The molecule has 0 radical (unpaired) electrons. The van der Waals surface area contributed by atoms with Gasteiger partial charge in [-0.25, -0.2) is 9.59 Å². The van der Waals surface area contributed by atoms with Crippen molar-refractivity contribution in [1.82, 2.24) is 5.32 Å². The molecule has 1 unspecified atom stereocenters. The summed E-state index contributed by atoms with van der Waals surface area (Å²) in [5, 5.41) is 11.5. The number of carbonyl (C=O) groups is 2. The Morgan fingerprint density at radius 2 is 1.57 bits per heavy atom. The first kappa shape index (κ1) is 21.7. The Bertz CT molecular complexity index is 868. The second kappa shape index (κ2) is 9.19. The van der Waals surface area contributed by atoms with Gasteiger partial charge in [0.15, 0.2) is 0 Å². The highest BCUT2D eigenvalue weighted by molar-refractivity contribution is 5.81. The Hall–Kier alpha value is -3.03. The second-order valence-electron chi connectivity index (χ2n) is 7.22. The number of hydrogen-bond acceptors (Lipinski definition) is 3. The molecule has 0 aliphatic heterocycles. The molecule has 30 heavy (non-hydrogen) atoms. The van der Waals surface area contributed by atoms with Crippen LogP contribution in [0.5, 0.6) is 0 Å². The first-order chi connectivity index (χ1) is 14.3. The fourth-order valence-electron chi connectivity index (χ4n) is 3.71. The maximum atomic E-state index is 12.2. The lowest BCUT2D eigenvalue weighted by molar-refractivity contribution is -0.139. The molecule has 0 bridgehead atoms. The van der Waals surface area contributed by atoms with Gasteiger partial charge >= 0.3 is 18.2 Å². The number of carboxylic acid groups (broad SMARTS) is 1. The minimum Gasteiger partial charge on any atom is -0.480 e. The second-order valence-corrected chi connectivity index (χ2v) is 7.22. The number of aliphatic carboxylic acids is 1. The highest BCUT2D eigenvalue weighted by Gasteiger charge is 2.30. The zero-order valence-electron chi connectivity index (χ0n) is 16.1. The zero-order chi connectivity index (χ0) is 21.7. The molecule has 0 saturated heterocycles. The van der Waals surface area contributed by atoms with Crippen molar-refractivity contribution in [2.75, 3.05) is 6.61 Å². The number of amides is 1. The summed E-state index contributed by atoms with van der Waals surface area (Å²) in [6.45, 7) is 0.0280. The minimum atomic E-state index is -4.28. The minimum absolute atomic E-state index is 0.0279. The van der Waals surface area contributed by atoms with Gasteiger partial charge in [0.2, 0.25) is 0 Å². The number of ether oxygens (including phenoxy) is 1. The molecule has 1 amide bonds. The number of nitrogens with one attached hydrogen (secondary N) is 1. The van der Waals surface area contributed by atoms with Gasteiger partial charge in [0.25, 0.3) is 0 Å². The van der Waals surface area contributed by atoms with E-state index in [2.05, 4.69) is 5.32 Å². The smallest absolute Gasteiger partial charge is 0.407 e. The summed E-state index contributed by atoms with van der Waals surface area (Å²) in [6.07, 6.45) is -6.43. The van der Waals surface area contributed by atoms with E-state index in [4.69, 9.17) is 4.74 Å². The highest BCUT2D eigenvalue weighted by Crippen LogP contribution is 2.44. The van der Waals surface area contributed by atoms with Crippen LogP contribution in [-0.4, -0.2) is 36.0 Å². The molecule has 0 heterocycles. The monoisotopic (exact) mass is 421 g/mol. The zero-order valence-corrected chi connectivity index (χ0v) is 16.1. The van der Waals surface area contributed by atoms with Crippen LogP contribution in [0.3, 0.4) is 0 Å². The van der Waals surface area contributed by atoms with E-state index in [0.717, 1.165) is 22.3 Å². The van der Waals surface area contributed by atoms with Crippen molar-refractivity contribution in [3.05, 3.63) is 59.7 Å². The van der Waals surface area contributed by atoms with Crippen LogP contribution in [0.25, 0.3) is 11.1 Å². The normalized spacial score (nSPS) is 14.0. The lowest BCUT2D eigenvalue weighted by Crippen LogP contribution is -2.41. The van der Waals surface area contributed by atoms with E-state index in [0.29, 0.717) is 0 Å². The molecule has 160 valence electrons. The van der Waals surface area contributed by atoms with Gasteiger partial charge in [-0.05, 0) is 35.1 Å². The number of alkyl carbamates (subject to hydrolysis) is 1. The number of benzene rings is 2. The fraction of sp³-hybridized carbons (Fsp3) is 0.364. The molecule has 1 aliphatic carbocycles. The molecule has 0 fully saturated rings. The molecule has 0 saturated carbocycles. The van der Waals surface area contributed by atoms with Gasteiger partial charge in [-0.15, -0.1) is 0 Å². The van der Waals surface area contributed by atoms with E-state index < -0.39 is 30.7 Å². The largest absolute Gasteiger partial charge is 0.480 e. The van der Waals surface area contributed by atoms with E-state index in [9.17, 15) is 27.9 Å². The molecule has 1 atom stereocenters. The summed E-state index contributed by atoms with van der Waals surface area (Å²) < 4.78 is 41.9. The standard InChI is InChI=1S/C22H22F3NO4/c23-22(24,25)12-6-5-11-19(20(27)28)26-21(29)30-13-18-16-9-3-1-7-14(16)15-8-2-4-10-17(15)18/h1-4,7-10,18-19H,5-6,11-13H2,(H,26,29)(H,27,28). The Morgan fingerprint density at radius 1 is 1.00 bits per heavy atom. The van der Waals surface area contributed by atoms with E-state index in [1.54, 1.807) is 0 Å². The number of carboxylic acids is 1. The van der Waals surface area contributed by atoms with Crippen LogP contribution in [0.15, 0.2) is 48.5 Å². The predicted octanol–water partition coefficient (Wildman–Crippen LogP) is 5.10. The Kier molecular flexibility index (Phi) is 6.64. The van der Waals surface area contributed by atoms with Crippen LogP contribution in [0.4, 0.5) is 18.0 Å². The number of hydrogen-bond donors (Lipinski definition) is 2. The molecule has 0 spiro atoms. The van der Waals surface area contributed by atoms with Crippen LogP contribution < -0.4 is 5.32 Å². The van der Waals surface area contributed by atoms with Gasteiger partial charge in [-0.3, -0.25) is 0 Å². The third-order valence-corrected chi connectivity index (χ3v) is 5.14. The van der Waals surface area contributed by atoms with Crippen molar-refractivity contribution in [2.45, 2.75) is 43.8 Å². The fourth-order valence-corrected chi connectivity index (χ4v) is 3.71. The van der Waals surface area contributed by atoms with Crippen molar-refractivity contribution in [3.63, 3.8) is 0 Å². The third-order valence-electron chi connectivity index (χ3n) is 5.14. The average Bonchev–Trinajstić information content (AvgIpc) is 3.01. The van der Waals surface area contributed by atoms with Crippen molar-refractivity contribution >= 4 is 12.1 Å². The number of alkyl halides is 3. The molecule has 2 N–H and O–H groups in total. The van der Waals surface area contributed by atoms with Crippen LogP contribution in [0.2, 0.25) is 0 Å². The molecule has 2 aromatic rings. The summed E-state index contributed by atoms with van der Waals surface area (Å²) in [5.41, 5.74) is 4.17.